The highest BCUT2D eigenvalue weighted by molar-refractivity contribution is 5.59. The Kier molecular flexibility index (Phi) is 7.51. The quantitative estimate of drug-likeness (QED) is 0.446. The van der Waals surface area contributed by atoms with Gasteiger partial charge in [-0.25, -0.2) is 0 Å². The summed E-state index contributed by atoms with van der Waals surface area (Å²) in [5.41, 5.74) is 3.55. The van der Waals surface area contributed by atoms with Crippen LogP contribution in [0.5, 0.6) is 23.0 Å². The first kappa shape index (κ1) is 22.0. The third kappa shape index (κ3) is 5.95. The highest BCUT2D eigenvalue weighted by Crippen LogP contribution is 2.32. The first-order valence-corrected chi connectivity index (χ1v) is 11.3. The van der Waals surface area contributed by atoms with Gasteiger partial charge in [0.15, 0.2) is 5.75 Å². The van der Waals surface area contributed by atoms with Gasteiger partial charge in [-0.15, -0.1) is 0 Å². The molecule has 3 aromatic carbocycles. The summed E-state index contributed by atoms with van der Waals surface area (Å²) < 4.78 is 16.8. The predicted octanol–water partition coefficient (Wildman–Crippen LogP) is 5.45. The smallest absolute Gasteiger partial charge is 0.150 e. The third-order valence-electron chi connectivity index (χ3n) is 5.90. The largest absolute Gasteiger partial charge is 0.497 e. The molecule has 5 nitrogen and oxygen atoms in total. The zero-order valence-corrected chi connectivity index (χ0v) is 18.9. The molecule has 1 saturated heterocycles. The summed E-state index contributed by atoms with van der Waals surface area (Å²) in [6, 6.07) is 23.0. The van der Waals surface area contributed by atoms with Gasteiger partial charge in [-0.2, -0.15) is 0 Å². The molecule has 0 radical (unpaired) electrons. The second kappa shape index (κ2) is 10.9. The fraction of sp³-hybridized carbons (Fsp3) is 0.333. The van der Waals surface area contributed by atoms with Crippen LogP contribution in [-0.2, 0) is 12.8 Å². The van der Waals surface area contributed by atoms with Crippen molar-refractivity contribution in [3.8, 4) is 23.0 Å². The number of anilines is 1. The van der Waals surface area contributed by atoms with E-state index >= 15 is 0 Å². The van der Waals surface area contributed by atoms with Crippen LogP contribution in [0.15, 0.2) is 66.7 Å². The fourth-order valence-electron chi connectivity index (χ4n) is 3.97. The molecule has 1 fully saturated rings. The molecule has 1 unspecified atom stereocenters. The van der Waals surface area contributed by atoms with E-state index in [9.17, 15) is 0 Å². The molecule has 3 aromatic rings. The molecular formula is C27H32N2O3. The molecule has 0 bridgehead atoms. The molecule has 5 heteroatoms. The van der Waals surface area contributed by atoms with Crippen LogP contribution < -0.4 is 24.8 Å². The summed E-state index contributed by atoms with van der Waals surface area (Å²) in [7, 11) is 3.36. The van der Waals surface area contributed by atoms with Crippen molar-refractivity contribution in [1.82, 2.24) is 5.32 Å². The van der Waals surface area contributed by atoms with Gasteiger partial charge in [-0.1, -0.05) is 18.2 Å². The van der Waals surface area contributed by atoms with Crippen molar-refractivity contribution in [2.45, 2.75) is 31.7 Å². The Hall–Kier alpha value is -3.18. The maximum Gasteiger partial charge on any atom is 0.150 e. The second-order valence-electron chi connectivity index (χ2n) is 8.13. The molecule has 32 heavy (non-hydrogen) atoms. The van der Waals surface area contributed by atoms with Crippen LogP contribution >= 0.6 is 0 Å². The third-order valence-corrected chi connectivity index (χ3v) is 5.90. The van der Waals surface area contributed by atoms with E-state index in [1.807, 2.05) is 36.4 Å². The molecule has 1 heterocycles. The maximum atomic E-state index is 6.29. The molecule has 0 amide bonds. The molecule has 1 atom stereocenters. The summed E-state index contributed by atoms with van der Waals surface area (Å²) in [5.74, 6) is 3.34. The molecule has 0 aromatic heterocycles. The minimum absolute atomic E-state index is 0.513. The van der Waals surface area contributed by atoms with Gasteiger partial charge in [0.05, 0.1) is 19.9 Å². The molecule has 2 N–H and O–H groups in total. The Balaban J connectivity index is 1.48. The second-order valence-corrected chi connectivity index (χ2v) is 8.13. The summed E-state index contributed by atoms with van der Waals surface area (Å²) in [4.78, 5) is 0. The van der Waals surface area contributed by atoms with E-state index in [-0.39, 0.29) is 0 Å². The van der Waals surface area contributed by atoms with Gasteiger partial charge in [0.25, 0.3) is 0 Å². The summed E-state index contributed by atoms with van der Waals surface area (Å²) >= 11 is 0. The lowest BCUT2D eigenvalue weighted by molar-refractivity contribution is 0.413. The number of rotatable bonds is 10. The average Bonchev–Trinajstić information content (AvgIpc) is 3.37. The van der Waals surface area contributed by atoms with Crippen LogP contribution in [-0.4, -0.2) is 33.4 Å². The Morgan fingerprint density at radius 1 is 0.812 bits per heavy atom. The minimum atomic E-state index is 0.513. The van der Waals surface area contributed by atoms with Gasteiger partial charge >= 0.3 is 0 Å². The van der Waals surface area contributed by atoms with Gasteiger partial charge in [-0.3, -0.25) is 0 Å². The zero-order chi connectivity index (χ0) is 22.2. The van der Waals surface area contributed by atoms with Crippen molar-refractivity contribution in [2.24, 2.45) is 0 Å². The number of hydrogen-bond donors (Lipinski definition) is 2. The molecule has 0 aliphatic carbocycles. The number of benzene rings is 3. The predicted molar refractivity (Wildman–Crippen MR) is 129 cm³/mol. The van der Waals surface area contributed by atoms with Gasteiger partial charge in [-0.05, 0) is 91.9 Å². The van der Waals surface area contributed by atoms with Crippen LogP contribution in [0.2, 0.25) is 0 Å². The Morgan fingerprint density at radius 2 is 1.44 bits per heavy atom. The van der Waals surface area contributed by atoms with Gasteiger partial charge in [0.2, 0.25) is 0 Å². The van der Waals surface area contributed by atoms with Crippen LogP contribution in [0, 0.1) is 0 Å². The Morgan fingerprint density at radius 3 is 2.09 bits per heavy atom. The van der Waals surface area contributed by atoms with Gasteiger partial charge in [0.1, 0.15) is 17.2 Å². The van der Waals surface area contributed by atoms with E-state index < -0.39 is 0 Å². The SMILES string of the molecule is COc1ccc(CCc2ccc(NCC3CCCN3)c(Oc3ccc(OC)cc3)c2)cc1. The van der Waals surface area contributed by atoms with E-state index in [0.29, 0.717) is 6.04 Å². The maximum absolute atomic E-state index is 6.29. The van der Waals surface area contributed by atoms with Gasteiger partial charge in [0, 0.05) is 12.6 Å². The number of nitrogens with one attached hydrogen (secondary N) is 2. The molecule has 0 spiro atoms. The van der Waals surface area contributed by atoms with Gasteiger partial charge < -0.3 is 24.8 Å². The highest BCUT2D eigenvalue weighted by atomic mass is 16.5. The first-order valence-electron chi connectivity index (χ1n) is 11.3. The minimum Gasteiger partial charge on any atom is -0.497 e. The summed E-state index contributed by atoms with van der Waals surface area (Å²) in [6.45, 7) is 2.00. The van der Waals surface area contributed by atoms with Crippen LogP contribution in [0.25, 0.3) is 0 Å². The molecule has 168 valence electrons. The molecule has 1 aliphatic rings. The van der Waals surface area contributed by atoms with Crippen molar-refractivity contribution >= 4 is 5.69 Å². The van der Waals surface area contributed by atoms with Crippen molar-refractivity contribution < 1.29 is 14.2 Å². The molecule has 0 saturated carbocycles. The van der Waals surface area contributed by atoms with E-state index in [1.165, 1.54) is 24.0 Å². The van der Waals surface area contributed by atoms with E-state index in [2.05, 4.69) is 41.0 Å². The Bertz CT molecular complexity index is 981. The van der Waals surface area contributed by atoms with E-state index in [0.717, 1.165) is 54.6 Å². The van der Waals surface area contributed by atoms with Crippen molar-refractivity contribution in [3.63, 3.8) is 0 Å². The summed E-state index contributed by atoms with van der Waals surface area (Å²) in [5, 5.41) is 7.13. The Labute approximate surface area is 190 Å². The molecular weight excluding hydrogens is 400 g/mol. The number of aryl methyl sites for hydroxylation is 2. The lowest BCUT2D eigenvalue weighted by Gasteiger charge is -2.17. The van der Waals surface area contributed by atoms with Crippen LogP contribution in [0.3, 0.4) is 0 Å². The highest BCUT2D eigenvalue weighted by Gasteiger charge is 2.15. The van der Waals surface area contributed by atoms with E-state index in [1.54, 1.807) is 14.2 Å². The number of methoxy groups -OCH3 is 2. The van der Waals surface area contributed by atoms with Crippen molar-refractivity contribution in [2.75, 3.05) is 32.6 Å². The number of hydrogen-bond acceptors (Lipinski definition) is 5. The van der Waals surface area contributed by atoms with E-state index in [4.69, 9.17) is 14.2 Å². The van der Waals surface area contributed by atoms with Crippen molar-refractivity contribution in [3.05, 3.63) is 77.9 Å². The monoisotopic (exact) mass is 432 g/mol. The topological polar surface area (TPSA) is 51.8 Å². The molecule has 4 rings (SSSR count). The lowest BCUT2D eigenvalue weighted by atomic mass is 10.0. The first-order chi connectivity index (χ1) is 15.7. The summed E-state index contributed by atoms with van der Waals surface area (Å²) in [6.07, 6.45) is 4.36. The standard InChI is InChI=1S/C27H32N2O3/c1-30-23-10-7-20(8-11-23)5-6-21-9-16-26(29-19-22-4-3-17-28-22)27(18-21)32-25-14-12-24(31-2)13-15-25/h7-16,18,22,28-29H,3-6,17,19H2,1-2H3. The molecule has 1 aliphatic heterocycles. The van der Waals surface area contributed by atoms with Crippen LogP contribution in [0.4, 0.5) is 5.69 Å². The average molecular weight is 433 g/mol. The zero-order valence-electron chi connectivity index (χ0n) is 18.9. The number of ether oxygens (including phenoxy) is 3. The normalized spacial score (nSPS) is 15.4. The lowest BCUT2D eigenvalue weighted by Crippen LogP contribution is -2.29. The van der Waals surface area contributed by atoms with Crippen LogP contribution in [0.1, 0.15) is 24.0 Å². The van der Waals surface area contributed by atoms with Crippen molar-refractivity contribution in [1.29, 1.82) is 0 Å². The fourth-order valence-corrected chi connectivity index (χ4v) is 3.97.